The lowest BCUT2D eigenvalue weighted by Crippen LogP contribution is -2.80. The predicted octanol–water partition coefficient (Wildman–Crippen LogP) is 4.12. The number of aliphatic hydroxyl groups is 1. The van der Waals surface area contributed by atoms with Crippen LogP contribution in [0.5, 0.6) is 0 Å². The number of hydrogen-bond acceptors (Lipinski definition) is 3. The van der Waals surface area contributed by atoms with Crippen molar-refractivity contribution in [3.05, 3.63) is 42.5 Å². The third-order valence-electron chi connectivity index (χ3n) is 7.93. The smallest absolute Gasteiger partial charge is 0.268 e. The Morgan fingerprint density at radius 1 is 0.964 bits per heavy atom. The van der Waals surface area contributed by atoms with Crippen LogP contribution in [0.25, 0.3) is 10.8 Å². The van der Waals surface area contributed by atoms with Crippen molar-refractivity contribution in [3.63, 3.8) is 0 Å². The molecule has 0 aromatic heterocycles. The molecule has 1 amide bonds. The van der Waals surface area contributed by atoms with Gasteiger partial charge in [-0.1, -0.05) is 30.3 Å². The molecular formula is C24H28N2O2. The van der Waals surface area contributed by atoms with E-state index in [1.54, 1.807) is 0 Å². The van der Waals surface area contributed by atoms with Crippen LogP contribution in [0.15, 0.2) is 42.5 Å². The van der Waals surface area contributed by atoms with Crippen LogP contribution in [0.3, 0.4) is 0 Å². The van der Waals surface area contributed by atoms with Crippen LogP contribution in [0.1, 0.15) is 46.0 Å². The number of fused-ring (bicyclic) bond motifs is 1. The molecule has 4 saturated carbocycles. The molecule has 1 N–H and O–H groups in total. The van der Waals surface area contributed by atoms with Gasteiger partial charge in [0.25, 0.3) is 5.91 Å². The summed E-state index contributed by atoms with van der Waals surface area (Å²) in [4.78, 5) is 13.3. The van der Waals surface area contributed by atoms with Gasteiger partial charge in [-0.25, -0.2) is 5.01 Å². The summed E-state index contributed by atoms with van der Waals surface area (Å²) >= 11 is 0. The third-order valence-corrected chi connectivity index (χ3v) is 7.93. The minimum atomic E-state index is -0.520. The Morgan fingerprint density at radius 2 is 1.64 bits per heavy atom. The van der Waals surface area contributed by atoms with E-state index >= 15 is 0 Å². The number of hydrogen-bond donors (Lipinski definition) is 1. The summed E-state index contributed by atoms with van der Waals surface area (Å²) in [6.45, 7) is 4.06. The highest BCUT2D eigenvalue weighted by Crippen LogP contribution is 2.58. The molecule has 0 radical (unpaired) electrons. The van der Waals surface area contributed by atoms with Crippen molar-refractivity contribution in [2.45, 2.75) is 63.1 Å². The second-order valence-electron chi connectivity index (χ2n) is 10.2. The van der Waals surface area contributed by atoms with E-state index in [4.69, 9.17) is 0 Å². The minimum Gasteiger partial charge on any atom is -0.390 e. The van der Waals surface area contributed by atoms with Crippen LogP contribution in [-0.4, -0.2) is 33.2 Å². The van der Waals surface area contributed by atoms with Crippen molar-refractivity contribution < 1.29 is 9.90 Å². The fourth-order valence-corrected chi connectivity index (χ4v) is 7.06. The summed E-state index contributed by atoms with van der Waals surface area (Å²) in [6.07, 6.45) is 5.03. The lowest BCUT2D eigenvalue weighted by atomic mass is 9.52. The first-order valence-electron chi connectivity index (χ1n) is 10.7. The third kappa shape index (κ3) is 2.13. The number of carbonyl (C=O) groups is 1. The average molecular weight is 377 g/mol. The fraction of sp³-hybridized carbons (Fsp3) is 0.542. The van der Waals surface area contributed by atoms with E-state index in [2.05, 4.69) is 52.5 Å². The molecule has 146 valence electrons. The molecule has 1 aliphatic heterocycles. The van der Waals surface area contributed by atoms with Gasteiger partial charge in [0.15, 0.2) is 0 Å². The zero-order chi connectivity index (χ0) is 19.3. The molecular weight excluding hydrogens is 348 g/mol. The predicted molar refractivity (Wildman–Crippen MR) is 110 cm³/mol. The van der Waals surface area contributed by atoms with Gasteiger partial charge in [0.1, 0.15) is 5.54 Å². The Labute approximate surface area is 166 Å². The quantitative estimate of drug-likeness (QED) is 0.857. The second kappa shape index (κ2) is 5.29. The zero-order valence-electron chi connectivity index (χ0n) is 16.6. The highest BCUT2D eigenvalue weighted by atomic mass is 16.3. The van der Waals surface area contributed by atoms with Gasteiger partial charge in [-0.05, 0) is 86.6 Å². The highest BCUT2D eigenvalue weighted by Gasteiger charge is 2.63. The van der Waals surface area contributed by atoms with Crippen molar-refractivity contribution in [1.29, 1.82) is 0 Å². The van der Waals surface area contributed by atoms with Crippen LogP contribution in [-0.2, 0) is 4.79 Å². The Bertz CT molecular complexity index is 967. The van der Waals surface area contributed by atoms with Gasteiger partial charge in [0.05, 0.1) is 17.3 Å². The molecule has 4 heteroatoms. The van der Waals surface area contributed by atoms with Crippen LogP contribution >= 0.6 is 0 Å². The zero-order valence-corrected chi connectivity index (χ0v) is 16.6. The Hall–Kier alpha value is -2.07. The van der Waals surface area contributed by atoms with Crippen molar-refractivity contribution >= 4 is 22.4 Å². The van der Waals surface area contributed by atoms with Crippen LogP contribution in [0.2, 0.25) is 0 Å². The van der Waals surface area contributed by atoms with E-state index in [9.17, 15) is 9.90 Å². The molecule has 5 aliphatic rings. The van der Waals surface area contributed by atoms with E-state index in [-0.39, 0.29) is 11.9 Å². The first-order valence-corrected chi connectivity index (χ1v) is 10.7. The van der Waals surface area contributed by atoms with Gasteiger partial charge < -0.3 is 5.11 Å². The minimum absolute atomic E-state index is 0.227. The fourth-order valence-electron chi connectivity index (χ4n) is 7.06. The van der Waals surface area contributed by atoms with Gasteiger partial charge >= 0.3 is 0 Å². The Kier molecular flexibility index (Phi) is 3.18. The molecule has 2 aromatic rings. The summed E-state index contributed by atoms with van der Waals surface area (Å²) in [7, 11) is 0. The summed E-state index contributed by atoms with van der Waals surface area (Å²) in [5, 5.41) is 17.7. The SMILES string of the molecule is CC1(C)C(=O)N(C2[C@H]3CC4C[C@H]2CC(O)(C4)C3)N1c1ccc2ccccc2c1. The van der Waals surface area contributed by atoms with E-state index in [0.717, 1.165) is 24.9 Å². The molecule has 0 spiro atoms. The summed E-state index contributed by atoms with van der Waals surface area (Å²) in [5.41, 5.74) is 0.105. The maximum absolute atomic E-state index is 13.3. The normalized spacial score (nSPS) is 38.2. The van der Waals surface area contributed by atoms with Gasteiger partial charge in [-0.2, -0.15) is 0 Å². The summed E-state index contributed by atoms with van der Waals surface area (Å²) in [5.74, 6) is 1.74. The van der Waals surface area contributed by atoms with Crippen LogP contribution < -0.4 is 5.01 Å². The molecule has 7 rings (SSSR count). The van der Waals surface area contributed by atoms with Gasteiger partial charge in [-0.3, -0.25) is 9.80 Å². The molecule has 0 unspecified atom stereocenters. The molecule has 2 aromatic carbocycles. The van der Waals surface area contributed by atoms with Crippen molar-refractivity contribution in [2.75, 3.05) is 5.01 Å². The summed E-state index contributed by atoms with van der Waals surface area (Å²) in [6, 6.07) is 15.1. The van der Waals surface area contributed by atoms with Crippen molar-refractivity contribution in [3.8, 4) is 0 Å². The largest absolute Gasteiger partial charge is 0.390 e. The van der Waals surface area contributed by atoms with Crippen molar-refractivity contribution in [1.82, 2.24) is 5.01 Å². The first-order chi connectivity index (χ1) is 13.4. The number of amides is 1. The molecule has 5 fully saturated rings. The van der Waals surface area contributed by atoms with Gasteiger partial charge in [0, 0.05) is 0 Å². The number of hydrazine groups is 1. The van der Waals surface area contributed by atoms with E-state index in [1.807, 2.05) is 13.8 Å². The standard InChI is InChI=1S/C24H28N2O2/c1-23(2)22(27)25(21-18-9-15-10-19(21)14-24(28,12-15)13-18)26(23)20-8-7-16-5-3-4-6-17(16)11-20/h3-8,11,15,18-19,21,28H,9-10,12-14H2,1-2H3/t15?,18-,19-,21?,24?/m0/s1. The number of nitrogens with zero attached hydrogens (tertiary/aromatic N) is 2. The van der Waals surface area contributed by atoms with Gasteiger partial charge in [-0.15, -0.1) is 0 Å². The van der Waals surface area contributed by atoms with Gasteiger partial charge in [0.2, 0.25) is 0 Å². The molecule has 4 aliphatic carbocycles. The van der Waals surface area contributed by atoms with E-state index in [1.165, 1.54) is 23.6 Å². The molecule has 1 heterocycles. The lowest BCUT2D eigenvalue weighted by molar-refractivity contribution is -0.190. The number of anilines is 1. The monoisotopic (exact) mass is 376 g/mol. The highest BCUT2D eigenvalue weighted by molar-refractivity contribution is 5.99. The number of carbonyl (C=O) groups excluding carboxylic acids is 1. The Balaban J connectivity index is 1.40. The molecule has 1 saturated heterocycles. The van der Waals surface area contributed by atoms with E-state index in [0.29, 0.717) is 17.8 Å². The molecule has 4 nitrogen and oxygen atoms in total. The second-order valence-corrected chi connectivity index (χ2v) is 10.2. The molecule has 28 heavy (non-hydrogen) atoms. The average Bonchev–Trinajstić information content (AvgIpc) is 2.64. The molecule has 4 bridgehead atoms. The maximum atomic E-state index is 13.3. The first kappa shape index (κ1) is 16.8. The van der Waals surface area contributed by atoms with Crippen molar-refractivity contribution in [2.24, 2.45) is 17.8 Å². The van der Waals surface area contributed by atoms with Crippen LogP contribution in [0.4, 0.5) is 5.69 Å². The Morgan fingerprint density at radius 3 is 2.32 bits per heavy atom. The lowest BCUT2D eigenvalue weighted by Gasteiger charge is -2.67. The van der Waals surface area contributed by atoms with Crippen LogP contribution in [0, 0.1) is 17.8 Å². The van der Waals surface area contributed by atoms with E-state index < -0.39 is 11.1 Å². The molecule has 2 atom stereocenters. The summed E-state index contributed by atoms with van der Waals surface area (Å²) < 4.78 is 0. The number of benzene rings is 2. The number of rotatable bonds is 2. The maximum Gasteiger partial charge on any atom is 0.268 e. The topological polar surface area (TPSA) is 43.8 Å².